The van der Waals surface area contributed by atoms with Crippen molar-refractivity contribution in [3.63, 3.8) is 0 Å². The lowest BCUT2D eigenvalue weighted by atomic mass is 11.8. The molecule has 0 N–H and O–H groups in total. The Morgan fingerprint density at radius 2 is 1.82 bits per heavy atom. The second-order valence-electron chi connectivity index (χ2n) is 1.21. The molecule has 0 spiro atoms. The molecule has 0 atom stereocenters. The Morgan fingerprint density at radius 3 is 2.27 bits per heavy atom. The van der Waals surface area contributed by atoms with Gasteiger partial charge in [0.15, 0.2) is 0 Å². The zero-order chi connectivity index (χ0) is 8.74. The van der Waals surface area contributed by atoms with Gasteiger partial charge in [-0.25, -0.2) is 0 Å². The first-order chi connectivity index (χ1) is 5.06. The van der Waals surface area contributed by atoms with E-state index in [0.717, 1.165) is 0 Å². The molecule has 9 heteroatoms. The van der Waals surface area contributed by atoms with Gasteiger partial charge < -0.3 is 4.18 Å². The van der Waals surface area contributed by atoms with Crippen LogP contribution < -0.4 is 0 Å². The van der Waals surface area contributed by atoms with E-state index in [1.165, 1.54) is 11.1 Å². The lowest BCUT2D eigenvalue weighted by Crippen LogP contribution is -1.75. The van der Waals surface area contributed by atoms with Crippen LogP contribution in [0.15, 0.2) is 0 Å². The summed E-state index contributed by atoms with van der Waals surface area (Å²) in [7, 11) is 8.05. The van der Waals surface area contributed by atoms with E-state index in [2.05, 4.69) is 0 Å². The average molecular weight is 303 g/mol. The predicted molar refractivity (Wildman–Crippen MR) is 73.0 cm³/mol. The summed E-state index contributed by atoms with van der Waals surface area (Å²) in [5.41, 5.74) is 0. The molecule has 11 heavy (non-hydrogen) atoms. The van der Waals surface area contributed by atoms with Gasteiger partial charge in [-0.1, -0.05) is 0 Å². The number of rotatable bonds is 6. The van der Waals surface area contributed by atoms with Gasteiger partial charge >= 0.3 is 0 Å². The Balaban J connectivity index is 3.16. The summed E-state index contributed by atoms with van der Waals surface area (Å²) in [5.74, 6) is 0. The van der Waals surface area contributed by atoms with Crippen LogP contribution in [0.5, 0.6) is 0 Å². The summed E-state index contributed by atoms with van der Waals surface area (Å²) in [6.45, 7) is 0. The average Bonchev–Trinajstić information content (AvgIpc) is 1.85. The molecule has 0 saturated carbocycles. The Morgan fingerprint density at radius 1 is 1.18 bits per heavy atom. The summed E-state index contributed by atoms with van der Waals surface area (Å²) in [5, 5.41) is 0. The lowest BCUT2D eigenvalue weighted by molar-refractivity contribution is 0.498. The van der Waals surface area contributed by atoms with Crippen LogP contribution in [0, 0.1) is 0 Å². The third kappa shape index (κ3) is 12.5. The first-order valence-corrected chi connectivity index (χ1v) is 12.6. The normalized spacial score (nSPS) is 11.8. The molecule has 0 amide bonds. The molecule has 0 aliphatic carbocycles. The predicted octanol–water partition coefficient (Wildman–Crippen LogP) is 3.50. The monoisotopic (exact) mass is 302 g/mol. The molecule has 0 unspecified atom stereocenters. The van der Waals surface area contributed by atoms with Crippen molar-refractivity contribution in [1.29, 1.82) is 0 Å². The summed E-state index contributed by atoms with van der Waals surface area (Å²) >= 11 is 11.4. The summed E-state index contributed by atoms with van der Waals surface area (Å²) in [6.07, 6.45) is 0.671. The fraction of sp³-hybridized carbons (Fsp3) is 1.00. The van der Waals surface area contributed by atoms with Gasteiger partial charge in [0.2, 0.25) is 0 Å². The van der Waals surface area contributed by atoms with Crippen LogP contribution in [0.25, 0.3) is 0 Å². The van der Waals surface area contributed by atoms with E-state index in [1.807, 2.05) is 6.26 Å². The molecule has 0 rings (SSSR count). The van der Waals surface area contributed by atoms with Crippen LogP contribution >= 0.6 is 50.4 Å². The molecule has 0 aliphatic rings. The van der Waals surface area contributed by atoms with Crippen molar-refractivity contribution in [3.8, 4) is 0 Å². The second-order valence-corrected chi connectivity index (χ2v) is 18.5. The first-order valence-electron chi connectivity index (χ1n) is 2.15. The second kappa shape index (κ2) is 7.86. The third-order valence-corrected chi connectivity index (χ3v) is 14.4. The Labute approximate surface area is 95.3 Å². The van der Waals surface area contributed by atoms with E-state index < -0.39 is 6.18 Å². The maximum Gasteiger partial charge on any atom is 0.0746 e. The van der Waals surface area contributed by atoms with E-state index in [0.29, 0.717) is 0 Å². The van der Waals surface area contributed by atoms with Crippen molar-refractivity contribution >= 4 is 78.9 Å². The van der Waals surface area contributed by atoms with Crippen LogP contribution in [0.3, 0.4) is 0 Å². The highest BCUT2D eigenvalue weighted by atomic mass is 33.9. The lowest BCUT2D eigenvalue weighted by Gasteiger charge is -1.98. The SMILES string of the molecule is COSSSSSS(C)(=S)=S. The molecule has 0 fully saturated rings. The number of hydrogen-bond acceptors (Lipinski definition) is 8. The molecule has 0 saturated heterocycles. The van der Waals surface area contributed by atoms with Gasteiger partial charge in [0.05, 0.1) is 18.2 Å². The van der Waals surface area contributed by atoms with Crippen molar-refractivity contribution < 1.29 is 4.18 Å². The van der Waals surface area contributed by atoms with Crippen molar-refractivity contribution in [1.82, 2.24) is 0 Å². The van der Waals surface area contributed by atoms with E-state index in [-0.39, 0.29) is 0 Å². The fourth-order valence-electron chi connectivity index (χ4n) is 0.112. The standard InChI is InChI=1S/C2H6OS8/c1-3-6-7-8-9-10-11(2,4)5/h1-2H3. The fourth-order valence-corrected chi connectivity index (χ4v) is 14.9. The van der Waals surface area contributed by atoms with Crippen LogP contribution in [-0.4, -0.2) is 13.4 Å². The third-order valence-electron chi connectivity index (χ3n) is 0.303. The van der Waals surface area contributed by atoms with Gasteiger partial charge in [-0.2, -0.15) is 0 Å². The van der Waals surface area contributed by atoms with Gasteiger partial charge in [-0.3, -0.25) is 0 Å². The van der Waals surface area contributed by atoms with Crippen LogP contribution in [0.1, 0.15) is 0 Å². The van der Waals surface area contributed by atoms with Gasteiger partial charge in [0.1, 0.15) is 0 Å². The zero-order valence-electron chi connectivity index (χ0n) is 5.67. The van der Waals surface area contributed by atoms with Crippen molar-refractivity contribution in [2.45, 2.75) is 0 Å². The molecule has 68 valence electrons. The minimum absolute atomic E-state index is 1.25. The molecule has 0 radical (unpaired) electrons. The smallest absolute Gasteiger partial charge is 0.0746 e. The molecule has 1 nitrogen and oxygen atoms in total. The summed E-state index contributed by atoms with van der Waals surface area (Å²) < 4.78 is 4.76. The van der Waals surface area contributed by atoms with E-state index in [4.69, 9.17) is 26.6 Å². The Bertz CT molecular complexity index is 171. The molecular formula is C2H6OS8. The molecule has 0 aromatic carbocycles. The van der Waals surface area contributed by atoms with E-state index >= 15 is 0 Å². The highest BCUT2D eigenvalue weighted by Gasteiger charge is 1.97. The van der Waals surface area contributed by atoms with E-state index in [1.54, 1.807) is 46.4 Å². The first kappa shape index (κ1) is 13.5. The highest BCUT2D eigenvalue weighted by Crippen LogP contribution is 2.50. The molecule has 0 aliphatic heterocycles. The van der Waals surface area contributed by atoms with Crippen molar-refractivity contribution in [3.05, 3.63) is 0 Å². The topological polar surface area (TPSA) is 9.23 Å². The Hall–Kier alpha value is 2.50. The van der Waals surface area contributed by atoms with Crippen LogP contribution in [0.2, 0.25) is 0 Å². The summed E-state index contributed by atoms with van der Waals surface area (Å²) in [4.78, 5) is 0. The molecular weight excluding hydrogens is 297 g/mol. The maximum absolute atomic E-state index is 5.04. The number of hydrogen-bond donors (Lipinski definition) is 0. The van der Waals surface area contributed by atoms with E-state index in [9.17, 15) is 0 Å². The van der Waals surface area contributed by atoms with Gasteiger partial charge in [-0.05, 0) is 48.2 Å². The Kier molecular flexibility index (Phi) is 9.65. The highest BCUT2D eigenvalue weighted by molar-refractivity contribution is 9.43. The molecule has 0 heterocycles. The minimum Gasteiger partial charge on any atom is -0.308 e. The maximum atomic E-state index is 5.04. The minimum atomic E-state index is -1.25. The molecule has 0 aromatic heterocycles. The van der Waals surface area contributed by atoms with Crippen LogP contribution in [-0.2, 0) is 32.7 Å². The van der Waals surface area contributed by atoms with Gasteiger partial charge in [-0.15, -0.1) is 0 Å². The quantitative estimate of drug-likeness (QED) is 0.413. The largest absolute Gasteiger partial charge is 0.308 e. The molecule has 0 aromatic rings. The van der Waals surface area contributed by atoms with Gasteiger partial charge in [0, 0.05) is 25.9 Å². The zero-order valence-corrected chi connectivity index (χ0v) is 12.2. The van der Waals surface area contributed by atoms with Crippen molar-refractivity contribution in [2.75, 3.05) is 13.4 Å². The van der Waals surface area contributed by atoms with Gasteiger partial charge in [0.25, 0.3) is 0 Å². The molecule has 0 bridgehead atoms. The van der Waals surface area contributed by atoms with Crippen LogP contribution in [0.4, 0.5) is 0 Å². The summed E-state index contributed by atoms with van der Waals surface area (Å²) in [6, 6.07) is 0. The van der Waals surface area contributed by atoms with Crippen molar-refractivity contribution in [2.24, 2.45) is 0 Å².